The minimum atomic E-state index is -1.04. The molecule has 4 heterocycles. The molecule has 6 atom stereocenters. The Bertz CT molecular complexity index is 451. The van der Waals surface area contributed by atoms with Crippen molar-refractivity contribution in [2.75, 3.05) is 13.2 Å². The fourth-order valence-corrected chi connectivity index (χ4v) is 3.66. The van der Waals surface area contributed by atoms with Crippen LogP contribution in [0.2, 0.25) is 0 Å². The van der Waals surface area contributed by atoms with Gasteiger partial charge < -0.3 is 33.5 Å². The Labute approximate surface area is 123 Å². The Morgan fingerprint density at radius 3 is 2.43 bits per heavy atom. The standard InChI is InChI=1S/C14H22O7/c1-12(2)18-8-6-16-14(10-7(5-15)17-10)11(9(8)19-12)20-13(3,4)21-14/h7-11,15H,5-6H2,1-4H3/t7-,8+,9+,10-,11-,14-/m0/s1. The lowest BCUT2D eigenvalue weighted by molar-refractivity contribution is -0.289. The molecular formula is C14H22O7. The van der Waals surface area contributed by atoms with Crippen LogP contribution in [0.1, 0.15) is 27.7 Å². The molecule has 0 radical (unpaired) electrons. The van der Waals surface area contributed by atoms with E-state index < -0.39 is 23.5 Å². The van der Waals surface area contributed by atoms with E-state index in [0.717, 1.165) is 0 Å². The third kappa shape index (κ3) is 2.07. The summed E-state index contributed by atoms with van der Waals surface area (Å²) in [6, 6.07) is 0. The minimum Gasteiger partial charge on any atom is -0.394 e. The predicted octanol–water partition coefficient (Wildman–Crippen LogP) is 0.144. The van der Waals surface area contributed by atoms with E-state index in [0.29, 0.717) is 6.61 Å². The summed E-state index contributed by atoms with van der Waals surface area (Å²) in [4.78, 5) is 0. The predicted molar refractivity (Wildman–Crippen MR) is 68.3 cm³/mol. The van der Waals surface area contributed by atoms with E-state index in [-0.39, 0.29) is 31.0 Å². The van der Waals surface area contributed by atoms with Crippen LogP contribution < -0.4 is 0 Å². The van der Waals surface area contributed by atoms with Gasteiger partial charge in [0.1, 0.15) is 30.5 Å². The van der Waals surface area contributed by atoms with Gasteiger partial charge in [-0.3, -0.25) is 0 Å². The van der Waals surface area contributed by atoms with E-state index in [9.17, 15) is 5.11 Å². The van der Waals surface area contributed by atoms with Crippen LogP contribution in [0.5, 0.6) is 0 Å². The molecule has 0 aliphatic carbocycles. The number of aliphatic hydroxyl groups is 1. The third-order valence-electron chi connectivity index (χ3n) is 4.36. The summed E-state index contributed by atoms with van der Waals surface area (Å²) in [5.41, 5.74) is 0. The SMILES string of the molecule is CC1(C)O[C@@H]2[C@@H](CO[C@@]3([C@H]4O[C@H]4CO)OC(C)(C)O[C@@H]23)O1. The van der Waals surface area contributed by atoms with Gasteiger partial charge >= 0.3 is 0 Å². The number of ether oxygens (including phenoxy) is 6. The van der Waals surface area contributed by atoms with Crippen LogP contribution in [0.4, 0.5) is 0 Å². The summed E-state index contributed by atoms with van der Waals surface area (Å²) >= 11 is 0. The molecule has 4 fully saturated rings. The summed E-state index contributed by atoms with van der Waals surface area (Å²) in [6.45, 7) is 7.70. The van der Waals surface area contributed by atoms with Crippen molar-refractivity contribution in [2.45, 2.75) is 75.6 Å². The van der Waals surface area contributed by atoms with E-state index in [2.05, 4.69) is 0 Å². The minimum absolute atomic E-state index is 0.0662. The Morgan fingerprint density at radius 1 is 1.00 bits per heavy atom. The Balaban J connectivity index is 1.66. The number of fused-ring (bicyclic) bond motifs is 3. The van der Waals surface area contributed by atoms with Crippen molar-refractivity contribution in [2.24, 2.45) is 0 Å². The van der Waals surface area contributed by atoms with E-state index >= 15 is 0 Å². The van der Waals surface area contributed by atoms with Gasteiger partial charge in [0.05, 0.1) is 13.2 Å². The second kappa shape index (κ2) is 4.17. The first-order valence-corrected chi connectivity index (χ1v) is 7.40. The Morgan fingerprint density at radius 2 is 1.76 bits per heavy atom. The first-order chi connectivity index (χ1) is 9.76. The molecule has 7 nitrogen and oxygen atoms in total. The van der Waals surface area contributed by atoms with E-state index in [1.165, 1.54) is 0 Å². The maximum atomic E-state index is 9.29. The number of aliphatic hydroxyl groups excluding tert-OH is 1. The van der Waals surface area contributed by atoms with Gasteiger partial charge in [-0.25, -0.2) is 0 Å². The van der Waals surface area contributed by atoms with Crippen LogP contribution in [0.3, 0.4) is 0 Å². The largest absolute Gasteiger partial charge is 0.394 e. The van der Waals surface area contributed by atoms with Crippen LogP contribution in [0, 0.1) is 0 Å². The molecule has 120 valence electrons. The quantitative estimate of drug-likeness (QED) is 0.727. The van der Waals surface area contributed by atoms with Gasteiger partial charge in [-0.15, -0.1) is 0 Å². The number of rotatable bonds is 2. The molecule has 7 heteroatoms. The lowest BCUT2D eigenvalue weighted by Gasteiger charge is -2.40. The van der Waals surface area contributed by atoms with Crippen LogP contribution >= 0.6 is 0 Å². The molecule has 0 unspecified atom stereocenters. The van der Waals surface area contributed by atoms with Crippen molar-refractivity contribution in [1.29, 1.82) is 0 Å². The lowest BCUT2D eigenvalue weighted by Crippen LogP contribution is -2.61. The van der Waals surface area contributed by atoms with Crippen LogP contribution in [0.15, 0.2) is 0 Å². The molecule has 0 spiro atoms. The van der Waals surface area contributed by atoms with Crippen LogP contribution in [-0.2, 0) is 28.4 Å². The second-order valence-electron chi connectivity index (χ2n) is 6.99. The maximum Gasteiger partial charge on any atom is 0.230 e. The van der Waals surface area contributed by atoms with E-state index in [1.807, 2.05) is 27.7 Å². The zero-order chi connectivity index (χ0) is 15.0. The zero-order valence-electron chi connectivity index (χ0n) is 12.7. The topological polar surface area (TPSA) is 78.9 Å². The maximum absolute atomic E-state index is 9.29. The lowest BCUT2D eigenvalue weighted by atomic mass is 9.93. The van der Waals surface area contributed by atoms with Crippen molar-refractivity contribution in [1.82, 2.24) is 0 Å². The van der Waals surface area contributed by atoms with Crippen molar-refractivity contribution in [3.8, 4) is 0 Å². The fourth-order valence-electron chi connectivity index (χ4n) is 3.66. The van der Waals surface area contributed by atoms with Crippen LogP contribution in [0.25, 0.3) is 0 Å². The smallest absolute Gasteiger partial charge is 0.230 e. The molecule has 0 amide bonds. The average molecular weight is 302 g/mol. The van der Waals surface area contributed by atoms with Crippen molar-refractivity contribution < 1.29 is 33.5 Å². The molecule has 4 aliphatic heterocycles. The third-order valence-corrected chi connectivity index (χ3v) is 4.36. The average Bonchev–Trinajstić information content (AvgIpc) is 3.02. The first kappa shape index (κ1) is 14.3. The monoisotopic (exact) mass is 302 g/mol. The molecule has 0 saturated carbocycles. The highest BCUT2D eigenvalue weighted by molar-refractivity contribution is 5.11. The number of epoxide rings is 1. The summed E-state index contributed by atoms with van der Waals surface area (Å²) < 4.78 is 35.5. The van der Waals surface area contributed by atoms with Crippen molar-refractivity contribution >= 4 is 0 Å². The normalized spacial score (nSPS) is 53.3. The summed E-state index contributed by atoms with van der Waals surface area (Å²) in [5.74, 6) is -2.52. The summed E-state index contributed by atoms with van der Waals surface area (Å²) in [5, 5.41) is 9.29. The van der Waals surface area contributed by atoms with Crippen molar-refractivity contribution in [3.63, 3.8) is 0 Å². The van der Waals surface area contributed by atoms with Gasteiger partial charge in [-0.05, 0) is 27.7 Å². The van der Waals surface area contributed by atoms with E-state index in [1.54, 1.807) is 0 Å². The molecule has 4 rings (SSSR count). The Hall–Kier alpha value is -0.280. The highest BCUT2D eigenvalue weighted by Crippen LogP contribution is 2.53. The summed E-state index contributed by atoms with van der Waals surface area (Å²) in [6.07, 6.45) is -1.55. The molecule has 0 aromatic rings. The van der Waals surface area contributed by atoms with Gasteiger partial charge in [0.25, 0.3) is 0 Å². The first-order valence-electron chi connectivity index (χ1n) is 7.40. The van der Waals surface area contributed by atoms with E-state index in [4.69, 9.17) is 28.4 Å². The van der Waals surface area contributed by atoms with Gasteiger partial charge in [0, 0.05) is 0 Å². The fraction of sp³-hybridized carbons (Fsp3) is 1.00. The van der Waals surface area contributed by atoms with Gasteiger partial charge in [0.15, 0.2) is 11.6 Å². The van der Waals surface area contributed by atoms with Crippen molar-refractivity contribution in [3.05, 3.63) is 0 Å². The Kier molecular flexibility index (Phi) is 2.84. The molecule has 4 aliphatic rings. The second-order valence-corrected chi connectivity index (χ2v) is 6.99. The van der Waals surface area contributed by atoms with Gasteiger partial charge in [-0.1, -0.05) is 0 Å². The molecular weight excluding hydrogens is 280 g/mol. The number of hydrogen-bond donors (Lipinski definition) is 1. The molecule has 1 N–H and O–H groups in total. The van der Waals surface area contributed by atoms with Gasteiger partial charge in [-0.2, -0.15) is 0 Å². The molecule has 0 aromatic carbocycles. The summed E-state index contributed by atoms with van der Waals surface area (Å²) in [7, 11) is 0. The molecule has 21 heavy (non-hydrogen) atoms. The highest BCUT2D eigenvalue weighted by atomic mass is 16.9. The van der Waals surface area contributed by atoms with Crippen LogP contribution in [-0.4, -0.2) is 66.2 Å². The molecule has 0 aromatic heterocycles. The highest BCUT2D eigenvalue weighted by Gasteiger charge is 2.73. The van der Waals surface area contributed by atoms with Gasteiger partial charge in [0.2, 0.25) is 5.79 Å². The molecule has 0 bridgehead atoms. The number of hydrogen-bond acceptors (Lipinski definition) is 7. The zero-order valence-corrected chi connectivity index (χ0v) is 12.7. The molecule has 4 saturated heterocycles.